The van der Waals surface area contributed by atoms with E-state index in [0.29, 0.717) is 5.92 Å². The van der Waals surface area contributed by atoms with Gasteiger partial charge in [0.05, 0.1) is 18.3 Å². The summed E-state index contributed by atoms with van der Waals surface area (Å²) in [6.45, 7) is 4.22. The third-order valence-electron chi connectivity index (χ3n) is 5.56. The molecule has 28 heavy (non-hydrogen) atoms. The molecule has 0 aliphatic carbocycles. The fourth-order valence-electron chi connectivity index (χ4n) is 4.21. The zero-order valence-electron chi connectivity index (χ0n) is 16.0. The van der Waals surface area contributed by atoms with Gasteiger partial charge in [-0.15, -0.1) is 0 Å². The minimum Gasteiger partial charge on any atom is -0.375 e. The summed E-state index contributed by atoms with van der Waals surface area (Å²) < 4.78 is 20.2. The number of likely N-dealkylation sites (N-methyl/N-ethyl adjacent to an activating group) is 1. The van der Waals surface area contributed by atoms with Gasteiger partial charge in [-0.05, 0) is 34.4 Å². The van der Waals surface area contributed by atoms with Crippen LogP contribution in [0.15, 0.2) is 36.4 Å². The van der Waals surface area contributed by atoms with Crippen LogP contribution in [0.5, 0.6) is 0 Å². The number of nitrogens with one attached hydrogen (secondary N) is 2. The van der Waals surface area contributed by atoms with Crippen molar-refractivity contribution < 1.29 is 9.13 Å². The average Bonchev–Trinajstić information content (AvgIpc) is 3.14. The van der Waals surface area contributed by atoms with Crippen LogP contribution >= 0.6 is 0 Å². The van der Waals surface area contributed by atoms with Crippen molar-refractivity contribution in [2.45, 2.75) is 18.4 Å². The van der Waals surface area contributed by atoms with E-state index in [9.17, 15) is 4.39 Å². The second-order valence-electron chi connectivity index (χ2n) is 7.53. The molecular weight excluding hydrogens is 355 g/mol. The number of nitriles is 1. The first-order valence-corrected chi connectivity index (χ1v) is 9.74. The summed E-state index contributed by atoms with van der Waals surface area (Å²) in [6, 6.07) is 13.0. The Balaban J connectivity index is 1.75. The van der Waals surface area contributed by atoms with Crippen LogP contribution < -0.4 is 10.7 Å². The van der Waals surface area contributed by atoms with Crippen molar-refractivity contribution in [2.24, 2.45) is 0 Å². The smallest absolute Gasteiger partial charge is 0.141 e. The zero-order valence-corrected chi connectivity index (χ0v) is 16.0. The second kappa shape index (κ2) is 8.38. The quantitative estimate of drug-likeness (QED) is 0.853. The molecule has 0 amide bonds. The molecule has 0 spiro atoms. The summed E-state index contributed by atoms with van der Waals surface area (Å²) in [5.41, 5.74) is 7.80. The molecule has 2 heterocycles. The van der Waals surface area contributed by atoms with Crippen molar-refractivity contribution in [2.75, 3.05) is 39.8 Å². The lowest BCUT2D eigenvalue weighted by molar-refractivity contribution is 0.0291. The molecule has 2 unspecified atom stereocenters. The maximum atomic E-state index is 14.3. The van der Waals surface area contributed by atoms with Gasteiger partial charge in [0, 0.05) is 45.6 Å². The number of halogens is 1. The molecule has 2 aromatic rings. The summed E-state index contributed by atoms with van der Waals surface area (Å²) in [4.78, 5) is 0. The van der Waals surface area contributed by atoms with Crippen LogP contribution in [0, 0.1) is 17.1 Å². The molecule has 2 fully saturated rings. The predicted octanol–water partition coefficient (Wildman–Crippen LogP) is 2.43. The van der Waals surface area contributed by atoms with Gasteiger partial charge in [-0.1, -0.05) is 24.3 Å². The van der Waals surface area contributed by atoms with Gasteiger partial charge in [-0.2, -0.15) is 5.26 Å². The maximum absolute atomic E-state index is 14.3. The first-order chi connectivity index (χ1) is 13.7. The van der Waals surface area contributed by atoms with Crippen LogP contribution in [0.1, 0.15) is 22.6 Å². The van der Waals surface area contributed by atoms with Gasteiger partial charge >= 0.3 is 0 Å². The van der Waals surface area contributed by atoms with Gasteiger partial charge in [0.1, 0.15) is 11.9 Å². The largest absolute Gasteiger partial charge is 0.375 e. The highest BCUT2D eigenvalue weighted by atomic mass is 19.1. The Kier molecular flexibility index (Phi) is 5.69. The SMILES string of the molecule is CN1CC(c2c(CC3CNCCO3)cccc2-c2ccc(C#N)c(F)c2)CN1. The number of benzene rings is 2. The monoisotopic (exact) mass is 380 g/mol. The van der Waals surface area contributed by atoms with Crippen LogP contribution in [0.25, 0.3) is 11.1 Å². The van der Waals surface area contributed by atoms with Crippen molar-refractivity contribution in [3.63, 3.8) is 0 Å². The predicted molar refractivity (Wildman–Crippen MR) is 106 cm³/mol. The van der Waals surface area contributed by atoms with E-state index in [1.54, 1.807) is 6.07 Å². The molecule has 4 rings (SSSR count). The van der Waals surface area contributed by atoms with Crippen molar-refractivity contribution >= 4 is 0 Å². The molecule has 0 saturated carbocycles. The third-order valence-corrected chi connectivity index (χ3v) is 5.56. The number of rotatable bonds is 4. The van der Waals surface area contributed by atoms with Crippen molar-refractivity contribution in [3.8, 4) is 17.2 Å². The second-order valence-corrected chi connectivity index (χ2v) is 7.53. The van der Waals surface area contributed by atoms with Gasteiger partial charge in [-0.25, -0.2) is 9.40 Å². The van der Waals surface area contributed by atoms with E-state index in [1.807, 2.05) is 25.2 Å². The molecule has 0 bridgehead atoms. The lowest BCUT2D eigenvalue weighted by atomic mass is 9.85. The van der Waals surface area contributed by atoms with E-state index in [-0.39, 0.29) is 11.7 Å². The van der Waals surface area contributed by atoms with Gasteiger partial charge in [0.25, 0.3) is 0 Å². The Bertz CT molecular complexity index is 889. The fraction of sp³-hybridized carbons (Fsp3) is 0.409. The van der Waals surface area contributed by atoms with Crippen LogP contribution in [-0.2, 0) is 11.2 Å². The van der Waals surface area contributed by atoms with E-state index in [2.05, 4.69) is 27.9 Å². The fourth-order valence-corrected chi connectivity index (χ4v) is 4.21. The van der Waals surface area contributed by atoms with Crippen molar-refractivity contribution in [1.82, 2.24) is 15.8 Å². The molecule has 6 heteroatoms. The molecule has 2 N–H and O–H groups in total. The number of hydrazine groups is 1. The number of ether oxygens (including phenoxy) is 1. The van der Waals surface area contributed by atoms with Gasteiger partial charge in [0.15, 0.2) is 0 Å². The minimum absolute atomic E-state index is 0.0744. The summed E-state index contributed by atoms with van der Waals surface area (Å²) in [5, 5.41) is 14.5. The number of nitrogens with zero attached hydrogens (tertiary/aromatic N) is 2. The minimum atomic E-state index is -0.474. The van der Waals surface area contributed by atoms with E-state index in [0.717, 1.165) is 50.3 Å². The molecule has 0 radical (unpaired) electrons. The van der Waals surface area contributed by atoms with E-state index >= 15 is 0 Å². The van der Waals surface area contributed by atoms with Crippen LogP contribution in [0.3, 0.4) is 0 Å². The average molecular weight is 380 g/mol. The number of morpholine rings is 1. The lowest BCUT2D eigenvalue weighted by Crippen LogP contribution is -2.39. The Labute approximate surface area is 165 Å². The molecular formula is C22H25FN4O. The number of hydrogen-bond acceptors (Lipinski definition) is 5. The van der Waals surface area contributed by atoms with Crippen molar-refractivity contribution in [3.05, 3.63) is 58.9 Å². The molecule has 2 aliphatic rings. The van der Waals surface area contributed by atoms with Crippen LogP contribution in [0.4, 0.5) is 4.39 Å². The topological polar surface area (TPSA) is 60.3 Å². The highest BCUT2D eigenvalue weighted by molar-refractivity contribution is 5.70. The molecule has 2 aliphatic heterocycles. The molecule has 2 saturated heterocycles. The van der Waals surface area contributed by atoms with E-state index in [1.165, 1.54) is 17.2 Å². The van der Waals surface area contributed by atoms with Crippen LogP contribution in [-0.4, -0.2) is 50.9 Å². The Morgan fingerprint density at radius 2 is 2.18 bits per heavy atom. The Hall–Kier alpha value is -2.30. The van der Waals surface area contributed by atoms with Crippen molar-refractivity contribution in [1.29, 1.82) is 5.26 Å². The molecule has 2 atom stereocenters. The lowest BCUT2D eigenvalue weighted by Gasteiger charge is -2.26. The normalized spacial score (nSPS) is 22.9. The Morgan fingerprint density at radius 1 is 1.29 bits per heavy atom. The molecule has 0 aromatic heterocycles. The number of hydrogen-bond donors (Lipinski definition) is 2. The zero-order chi connectivity index (χ0) is 19.5. The summed E-state index contributed by atoms with van der Waals surface area (Å²) >= 11 is 0. The van der Waals surface area contributed by atoms with Gasteiger partial charge < -0.3 is 10.1 Å². The summed E-state index contributed by atoms with van der Waals surface area (Å²) in [5.74, 6) is -0.163. The molecule has 146 valence electrons. The molecule has 5 nitrogen and oxygen atoms in total. The van der Waals surface area contributed by atoms with Crippen LogP contribution in [0.2, 0.25) is 0 Å². The summed E-state index contributed by atoms with van der Waals surface area (Å²) in [7, 11) is 2.04. The molecule has 2 aromatic carbocycles. The standard InChI is InChI=1S/C22H25FN4O/c1-27-14-18(12-26-27)22-16(9-19-13-25-7-8-28-19)3-2-4-20(22)15-5-6-17(11-24)21(23)10-15/h2-6,10,18-19,25-26H,7-9,12-14H2,1H3. The van der Waals surface area contributed by atoms with E-state index < -0.39 is 5.82 Å². The first-order valence-electron chi connectivity index (χ1n) is 9.74. The van der Waals surface area contributed by atoms with Gasteiger partial charge in [0.2, 0.25) is 0 Å². The van der Waals surface area contributed by atoms with Gasteiger partial charge in [-0.3, -0.25) is 5.43 Å². The first kappa shape index (κ1) is 19.0. The highest BCUT2D eigenvalue weighted by Crippen LogP contribution is 2.35. The highest BCUT2D eigenvalue weighted by Gasteiger charge is 2.27. The Morgan fingerprint density at radius 3 is 2.86 bits per heavy atom. The van der Waals surface area contributed by atoms with E-state index in [4.69, 9.17) is 10.00 Å². The maximum Gasteiger partial charge on any atom is 0.141 e. The third kappa shape index (κ3) is 3.94. The summed E-state index contributed by atoms with van der Waals surface area (Å²) in [6.07, 6.45) is 0.974.